The van der Waals surface area contributed by atoms with Crippen molar-refractivity contribution in [3.05, 3.63) is 83.6 Å². The van der Waals surface area contributed by atoms with Gasteiger partial charge >= 0.3 is 12.1 Å². The average molecular weight is 570 g/mol. The van der Waals surface area contributed by atoms with E-state index in [0.29, 0.717) is 34.2 Å². The minimum absolute atomic E-state index is 0.366. The van der Waals surface area contributed by atoms with E-state index >= 15 is 0 Å². The smallest absolute Gasteiger partial charge is 0.475 e. The number of carboxylic acid groups (broad SMARTS) is 1. The third kappa shape index (κ3) is 6.90. The molecule has 2 N–H and O–H groups in total. The van der Waals surface area contributed by atoms with Gasteiger partial charge < -0.3 is 14.9 Å². The van der Waals surface area contributed by atoms with Crippen molar-refractivity contribution < 1.29 is 32.0 Å². The second-order valence-corrected chi connectivity index (χ2v) is 8.79. The summed E-state index contributed by atoms with van der Waals surface area (Å²) < 4.78 is 53.3. The van der Waals surface area contributed by atoms with Crippen LogP contribution in [0.4, 0.5) is 29.2 Å². The lowest BCUT2D eigenvalue weighted by molar-refractivity contribution is -0.192. The SMILES string of the molecule is Cc1nc(C)n(-c2ccc(Nc3nccc(-c4cc(F)cc(-c5c(C)noc5C)c4)n3)cc2)n1.O=C(O)C(F)(F)F. The van der Waals surface area contributed by atoms with Crippen molar-refractivity contribution in [1.29, 1.82) is 0 Å². The molecule has 0 atom stereocenters. The molecule has 0 aliphatic rings. The Morgan fingerprint density at radius 3 is 2.20 bits per heavy atom. The van der Waals surface area contributed by atoms with Gasteiger partial charge in [-0.05, 0) is 81.8 Å². The van der Waals surface area contributed by atoms with E-state index in [0.717, 1.165) is 28.6 Å². The number of carboxylic acids is 1. The second-order valence-electron chi connectivity index (χ2n) is 8.79. The van der Waals surface area contributed by atoms with Crippen LogP contribution in [0.5, 0.6) is 0 Å². The van der Waals surface area contributed by atoms with Crippen LogP contribution in [0, 0.1) is 33.5 Å². The molecule has 0 fully saturated rings. The van der Waals surface area contributed by atoms with Gasteiger partial charge in [-0.3, -0.25) is 0 Å². The van der Waals surface area contributed by atoms with E-state index in [1.54, 1.807) is 16.9 Å². The summed E-state index contributed by atoms with van der Waals surface area (Å²) in [6.45, 7) is 7.41. The molecule has 0 spiro atoms. The summed E-state index contributed by atoms with van der Waals surface area (Å²) in [6, 6.07) is 14.3. The molecule has 0 unspecified atom stereocenters. The van der Waals surface area contributed by atoms with E-state index < -0.39 is 12.1 Å². The Hall–Kier alpha value is -5.14. The van der Waals surface area contributed by atoms with Gasteiger partial charge in [0.2, 0.25) is 5.95 Å². The zero-order chi connectivity index (χ0) is 29.9. The lowest BCUT2D eigenvalue weighted by atomic mass is 10.00. The van der Waals surface area contributed by atoms with Gasteiger partial charge in [-0.25, -0.2) is 28.8 Å². The fourth-order valence-corrected chi connectivity index (χ4v) is 3.94. The Labute approximate surface area is 230 Å². The maximum Gasteiger partial charge on any atom is 0.490 e. The molecule has 212 valence electrons. The van der Waals surface area contributed by atoms with Crippen LogP contribution in [0.2, 0.25) is 0 Å². The van der Waals surface area contributed by atoms with Gasteiger partial charge in [0.05, 0.1) is 17.1 Å². The number of alkyl halides is 3. The highest BCUT2D eigenvalue weighted by Gasteiger charge is 2.38. The van der Waals surface area contributed by atoms with E-state index in [1.165, 1.54) is 12.1 Å². The first-order valence-corrected chi connectivity index (χ1v) is 12.0. The molecule has 2 aromatic carbocycles. The topological polar surface area (TPSA) is 132 Å². The Morgan fingerprint density at radius 1 is 0.976 bits per heavy atom. The van der Waals surface area contributed by atoms with Gasteiger partial charge in [0.15, 0.2) is 0 Å². The molecule has 0 amide bonds. The molecule has 5 rings (SSSR count). The van der Waals surface area contributed by atoms with E-state index in [2.05, 4.69) is 30.5 Å². The summed E-state index contributed by atoms with van der Waals surface area (Å²) in [5, 5.41) is 18.7. The van der Waals surface area contributed by atoms with Crippen LogP contribution in [-0.2, 0) is 4.79 Å². The third-order valence-corrected chi connectivity index (χ3v) is 5.66. The van der Waals surface area contributed by atoms with Crippen LogP contribution >= 0.6 is 0 Å². The fourth-order valence-electron chi connectivity index (χ4n) is 3.94. The first kappa shape index (κ1) is 28.9. The van der Waals surface area contributed by atoms with Gasteiger partial charge in [0.1, 0.15) is 23.2 Å². The average Bonchev–Trinajstić information content (AvgIpc) is 3.43. The quantitative estimate of drug-likeness (QED) is 0.240. The molecule has 14 heteroatoms. The van der Waals surface area contributed by atoms with Crippen LogP contribution in [0.3, 0.4) is 0 Å². The van der Waals surface area contributed by atoms with Crippen molar-refractivity contribution in [2.24, 2.45) is 0 Å². The fraction of sp³-hybridized carbons (Fsp3) is 0.185. The Kier molecular flexibility index (Phi) is 8.12. The molecule has 0 aliphatic heterocycles. The van der Waals surface area contributed by atoms with Crippen LogP contribution in [0.15, 0.2) is 59.3 Å². The number of nitrogens with zero attached hydrogens (tertiary/aromatic N) is 6. The molecule has 0 saturated carbocycles. The van der Waals surface area contributed by atoms with Crippen molar-refractivity contribution in [2.45, 2.75) is 33.9 Å². The van der Waals surface area contributed by atoms with E-state index in [1.807, 2.05) is 58.0 Å². The van der Waals surface area contributed by atoms with Gasteiger partial charge in [-0.1, -0.05) is 5.16 Å². The largest absolute Gasteiger partial charge is 0.490 e. The highest BCUT2D eigenvalue weighted by molar-refractivity contribution is 5.74. The summed E-state index contributed by atoms with van der Waals surface area (Å²) in [7, 11) is 0. The molecule has 0 saturated heterocycles. The summed E-state index contributed by atoms with van der Waals surface area (Å²) in [5.41, 5.74) is 5.12. The van der Waals surface area contributed by atoms with Crippen molar-refractivity contribution in [2.75, 3.05) is 5.32 Å². The van der Waals surface area contributed by atoms with Gasteiger partial charge in [-0.15, -0.1) is 0 Å². The number of hydrogen-bond acceptors (Lipinski definition) is 8. The van der Waals surface area contributed by atoms with Crippen molar-refractivity contribution in [1.82, 2.24) is 29.9 Å². The number of hydrogen-bond donors (Lipinski definition) is 2. The molecule has 0 bridgehead atoms. The van der Waals surface area contributed by atoms with Crippen LogP contribution in [-0.4, -0.2) is 47.1 Å². The maximum absolute atomic E-state index is 14.5. The Bertz CT molecular complexity index is 1680. The van der Waals surface area contributed by atoms with Crippen LogP contribution in [0.25, 0.3) is 28.1 Å². The zero-order valence-electron chi connectivity index (χ0n) is 22.2. The predicted molar refractivity (Wildman–Crippen MR) is 140 cm³/mol. The molecule has 5 aromatic rings. The number of rotatable bonds is 5. The highest BCUT2D eigenvalue weighted by Crippen LogP contribution is 2.31. The Morgan fingerprint density at radius 2 is 1.63 bits per heavy atom. The normalized spacial score (nSPS) is 11.1. The lowest BCUT2D eigenvalue weighted by Crippen LogP contribution is -2.21. The number of aliphatic carboxylic acids is 1. The van der Waals surface area contributed by atoms with E-state index in [-0.39, 0.29) is 5.82 Å². The molecule has 3 aromatic heterocycles. The van der Waals surface area contributed by atoms with E-state index in [4.69, 9.17) is 14.4 Å². The number of aryl methyl sites for hydroxylation is 4. The Balaban J connectivity index is 0.000000493. The van der Waals surface area contributed by atoms with Crippen LogP contribution < -0.4 is 5.32 Å². The number of benzene rings is 2. The number of halogens is 4. The standard InChI is InChI=1S/C25H22FN7O.C2HF3O2/c1-14-24(15(2)34-32-14)19-11-18(12-20(26)13-19)23-9-10-27-25(30-23)29-21-5-7-22(8-6-21)33-17(4)28-16(3)31-33;3-2(4,5)1(6)7/h5-13H,1-4H3,(H,27,29,30);(H,6,7). The highest BCUT2D eigenvalue weighted by atomic mass is 19.4. The molecule has 0 radical (unpaired) electrons. The van der Waals surface area contributed by atoms with Gasteiger partial charge in [0.25, 0.3) is 0 Å². The van der Waals surface area contributed by atoms with Gasteiger partial charge in [0, 0.05) is 23.0 Å². The molecular formula is C27H23F4N7O3. The maximum atomic E-state index is 14.5. The number of nitrogens with one attached hydrogen (secondary N) is 1. The number of carbonyl (C=O) groups is 1. The molecular weight excluding hydrogens is 546 g/mol. The lowest BCUT2D eigenvalue weighted by Gasteiger charge is -2.09. The van der Waals surface area contributed by atoms with Crippen molar-refractivity contribution in [3.63, 3.8) is 0 Å². The zero-order valence-corrected chi connectivity index (χ0v) is 22.2. The molecule has 0 aliphatic carbocycles. The summed E-state index contributed by atoms with van der Waals surface area (Å²) in [5.74, 6) is -0.539. The minimum atomic E-state index is -5.08. The van der Waals surface area contributed by atoms with Crippen molar-refractivity contribution in [3.8, 4) is 28.1 Å². The summed E-state index contributed by atoms with van der Waals surface area (Å²) in [6.07, 6.45) is -3.44. The summed E-state index contributed by atoms with van der Waals surface area (Å²) >= 11 is 0. The third-order valence-electron chi connectivity index (χ3n) is 5.66. The molecule has 3 heterocycles. The minimum Gasteiger partial charge on any atom is -0.475 e. The predicted octanol–water partition coefficient (Wildman–Crippen LogP) is 6.13. The molecule has 41 heavy (non-hydrogen) atoms. The first-order valence-electron chi connectivity index (χ1n) is 12.0. The van der Waals surface area contributed by atoms with Gasteiger partial charge in [-0.2, -0.15) is 18.3 Å². The summed E-state index contributed by atoms with van der Waals surface area (Å²) in [4.78, 5) is 22.1. The molecule has 10 nitrogen and oxygen atoms in total. The van der Waals surface area contributed by atoms with Crippen LogP contribution in [0.1, 0.15) is 23.1 Å². The first-order chi connectivity index (χ1) is 19.3. The number of anilines is 2. The van der Waals surface area contributed by atoms with Crippen molar-refractivity contribution >= 4 is 17.6 Å². The second kappa shape index (κ2) is 11.5. The van der Waals surface area contributed by atoms with E-state index in [9.17, 15) is 17.6 Å². The number of aromatic nitrogens is 6. The monoisotopic (exact) mass is 569 g/mol.